The van der Waals surface area contributed by atoms with Crippen molar-refractivity contribution in [2.45, 2.75) is 25.8 Å². The topological polar surface area (TPSA) is 104 Å². The molecule has 10 heteroatoms. The zero-order valence-corrected chi connectivity index (χ0v) is 19.5. The van der Waals surface area contributed by atoms with Gasteiger partial charge < -0.3 is 19.9 Å². The number of rotatable bonds is 6. The van der Waals surface area contributed by atoms with Gasteiger partial charge in [-0.3, -0.25) is 4.79 Å². The van der Waals surface area contributed by atoms with Gasteiger partial charge in [0.15, 0.2) is 5.82 Å². The van der Waals surface area contributed by atoms with Crippen molar-refractivity contribution in [1.82, 2.24) is 20.2 Å². The summed E-state index contributed by atoms with van der Waals surface area (Å²) >= 11 is 12.1. The van der Waals surface area contributed by atoms with E-state index in [1.807, 2.05) is 29.8 Å². The minimum atomic E-state index is -0.389. The number of imidazole rings is 1. The van der Waals surface area contributed by atoms with Gasteiger partial charge in [-0.2, -0.15) is 0 Å². The smallest absolute Gasteiger partial charge is 0.257 e. The third-order valence-electron chi connectivity index (χ3n) is 5.44. The second-order valence-corrected chi connectivity index (χ2v) is 8.43. The average Bonchev–Trinajstić information content (AvgIpc) is 3.48. The van der Waals surface area contributed by atoms with Gasteiger partial charge in [-0.05, 0) is 55.7 Å². The van der Waals surface area contributed by atoms with Crippen LogP contribution < -0.4 is 15.4 Å². The van der Waals surface area contributed by atoms with E-state index in [0.717, 1.165) is 23.4 Å². The summed E-state index contributed by atoms with van der Waals surface area (Å²) in [5.74, 6) is 0.312. The van der Waals surface area contributed by atoms with E-state index in [-0.39, 0.29) is 17.8 Å². The Labute approximate surface area is 201 Å². The largest absolute Gasteiger partial charge is 0.495 e. The summed E-state index contributed by atoms with van der Waals surface area (Å²) in [4.78, 5) is 17.1. The monoisotopic (exact) mass is 484 g/mol. The number of amides is 1. The van der Waals surface area contributed by atoms with E-state index in [2.05, 4.69) is 20.7 Å². The standard InChI is InChI=1S/C23H22Cl2N6O2/c1-13-11-31(12-27-13)20-8-4-15(10-21(20)33-2)23(32)29-22(30-26)19-7-6-18(28-19)14-3-5-16(24)17(25)9-14/h3-5,8-12,18,26,28H,6-7H2,1-2H3,(H,29,32)/b22-19-,30-26?. The first kappa shape index (κ1) is 22.8. The second kappa shape index (κ2) is 9.64. The van der Waals surface area contributed by atoms with Crippen molar-refractivity contribution in [3.8, 4) is 11.4 Å². The molecule has 1 fully saturated rings. The molecule has 2 aromatic carbocycles. The summed E-state index contributed by atoms with van der Waals surface area (Å²) in [5, 5.41) is 10.6. The van der Waals surface area contributed by atoms with Crippen LogP contribution in [0.1, 0.15) is 40.5 Å². The number of aromatic nitrogens is 2. The van der Waals surface area contributed by atoms with E-state index in [0.29, 0.717) is 33.5 Å². The number of nitrogens with one attached hydrogen (secondary N) is 3. The fraction of sp³-hybridized carbons (Fsp3) is 0.217. The molecule has 0 bridgehead atoms. The number of hydrogen-bond acceptors (Lipinski definition) is 6. The molecule has 1 amide bonds. The molecule has 1 aromatic heterocycles. The molecular formula is C23H22Cl2N6O2. The number of aryl methyl sites for hydroxylation is 1. The maximum atomic E-state index is 12.9. The minimum Gasteiger partial charge on any atom is -0.495 e. The van der Waals surface area contributed by atoms with Crippen LogP contribution in [0.5, 0.6) is 5.75 Å². The Hall–Kier alpha value is -3.36. The molecule has 8 nitrogen and oxygen atoms in total. The van der Waals surface area contributed by atoms with Gasteiger partial charge in [-0.1, -0.05) is 29.3 Å². The Bertz CT molecular complexity index is 1250. The molecule has 1 aliphatic rings. The first-order valence-corrected chi connectivity index (χ1v) is 11.0. The summed E-state index contributed by atoms with van der Waals surface area (Å²) in [6.45, 7) is 1.90. The summed E-state index contributed by atoms with van der Waals surface area (Å²) < 4.78 is 7.31. The van der Waals surface area contributed by atoms with Crippen LogP contribution in [0, 0.1) is 12.5 Å². The normalized spacial score (nSPS) is 16.8. The van der Waals surface area contributed by atoms with Gasteiger partial charge >= 0.3 is 0 Å². The van der Waals surface area contributed by atoms with Crippen molar-refractivity contribution < 1.29 is 9.53 Å². The highest BCUT2D eigenvalue weighted by molar-refractivity contribution is 6.42. The molecule has 0 aliphatic carbocycles. The number of allylic oxidation sites excluding steroid dienone is 1. The third-order valence-corrected chi connectivity index (χ3v) is 6.18. The molecule has 0 saturated carbocycles. The lowest BCUT2D eigenvalue weighted by Crippen LogP contribution is -2.25. The predicted octanol–water partition coefficient (Wildman–Crippen LogP) is 5.55. The van der Waals surface area contributed by atoms with E-state index < -0.39 is 0 Å². The van der Waals surface area contributed by atoms with Crippen LogP contribution in [0.2, 0.25) is 10.0 Å². The van der Waals surface area contributed by atoms with Gasteiger partial charge in [-0.15, -0.1) is 5.11 Å². The number of benzene rings is 2. The lowest BCUT2D eigenvalue weighted by atomic mass is 10.1. The molecule has 1 aliphatic heterocycles. The minimum absolute atomic E-state index is 0.0126. The summed E-state index contributed by atoms with van der Waals surface area (Å²) in [5.41, 5.74) is 11.3. The molecule has 0 radical (unpaired) electrons. The maximum Gasteiger partial charge on any atom is 0.257 e. The number of nitrogens with zero attached hydrogens (tertiary/aromatic N) is 3. The maximum absolute atomic E-state index is 12.9. The molecular weight excluding hydrogens is 463 g/mol. The fourth-order valence-corrected chi connectivity index (χ4v) is 4.05. The van der Waals surface area contributed by atoms with Crippen LogP contribution in [-0.4, -0.2) is 22.6 Å². The Balaban J connectivity index is 1.52. The highest BCUT2D eigenvalue weighted by Crippen LogP contribution is 2.33. The van der Waals surface area contributed by atoms with Crippen LogP contribution >= 0.6 is 23.2 Å². The number of methoxy groups -OCH3 is 1. The molecule has 4 rings (SSSR count). The SMILES string of the molecule is COc1cc(C(=O)N/C(N=N)=C2\CCC(c3ccc(Cl)c(Cl)c3)N2)ccc1-n1cnc(C)c1. The van der Waals surface area contributed by atoms with E-state index in [1.54, 1.807) is 37.7 Å². The lowest BCUT2D eigenvalue weighted by Gasteiger charge is -2.14. The van der Waals surface area contributed by atoms with Crippen LogP contribution in [0.4, 0.5) is 0 Å². The lowest BCUT2D eigenvalue weighted by molar-refractivity contribution is 0.0964. The third kappa shape index (κ3) is 4.86. The Morgan fingerprint density at radius 1 is 1.27 bits per heavy atom. The zero-order valence-electron chi connectivity index (χ0n) is 18.0. The Morgan fingerprint density at radius 3 is 2.76 bits per heavy atom. The highest BCUT2D eigenvalue weighted by Gasteiger charge is 2.24. The van der Waals surface area contributed by atoms with Crippen molar-refractivity contribution in [2.24, 2.45) is 5.11 Å². The van der Waals surface area contributed by atoms with Crippen molar-refractivity contribution >= 4 is 29.1 Å². The summed E-state index contributed by atoms with van der Waals surface area (Å²) in [7, 11) is 1.54. The van der Waals surface area contributed by atoms with E-state index >= 15 is 0 Å². The second-order valence-electron chi connectivity index (χ2n) is 7.61. The number of carbonyl (C=O) groups excluding carboxylic acids is 1. The van der Waals surface area contributed by atoms with Gasteiger partial charge in [0, 0.05) is 11.8 Å². The fourth-order valence-electron chi connectivity index (χ4n) is 3.74. The quantitative estimate of drug-likeness (QED) is 0.398. The van der Waals surface area contributed by atoms with Gasteiger partial charge in [-0.25, -0.2) is 10.5 Å². The molecule has 3 N–H and O–H groups in total. The Morgan fingerprint density at radius 2 is 2.09 bits per heavy atom. The summed E-state index contributed by atoms with van der Waals surface area (Å²) in [6.07, 6.45) is 4.96. The van der Waals surface area contributed by atoms with Gasteiger partial charge in [0.2, 0.25) is 0 Å². The van der Waals surface area contributed by atoms with Crippen LogP contribution in [0.15, 0.2) is 65.6 Å². The summed E-state index contributed by atoms with van der Waals surface area (Å²) in [6, 6.07) is 10.6. The van der Waals surface area contributed by atoms with E-state index in [1.165, 1.54) is 0 Å². The first-order valence-electron chi connectivity index (χ1n) is 10.2. The van der Waals surface area contributed by atoms with E-state index in [9.17, 15) is 4.79 Å². The molecule has 3 aromatic rings. The van der Waals surface area contributed by atoms with Gasteiger partial charge in [0.05, 0.1) is 46.6 Å². The number of hydrogen-bond donors (Lipinski definition) is 3. The van der Waals surface area contributed by atoms with Crippen molar-refractivity contribution in [2.75, 3.05) is 7.11 Å². The van der Waals surface area contributed by atoms with Crippen LogP contribution in [0.25, 0.3) is 5.69 Å². The van der Waals surface area contributed by atoms with Crippen LogP contribution in [-0.2, 0) is 0 Å². The molecule has 33 heavy (non-hydrogen) atoms. The van der Waals surface area contributed by atoms with Crippen molar-refractivity contribution in [1.29, 1.82) is 5.53 Å². The first-order chi connectivity index (χ1) is 15.9. The van der Waals surface area contributed by atoms with Gasteiger partial charge in [0.1, 0.15) is 5.75 Å². The predicted molar refractivity (Wildman–Crippen MR) is 126 cm³/mol. The van der Waals surface area contributed by atoms with E-state index in [4.69, 9.17) is 33.5 Å². The van der Waals surface area contributed by atoms with Gasteiger partial charge in [0.25, 0.3) is 5.91 Å². The molecule has 2 heterocycles. The Kier molecular flexibility index (Phi) is 6.67. The number of ether oxygens (including phenoxy) is 1. The molecule has 0 spiro atoms. The molecule has 1 unspecified atom stereocenters. The van der Waals surface area contributed by atoms with Crippen molar-refractivity contribution in [3.05, 3.63) is 87.3 Å². The average molecular weight is 485 g/mol. The van der Waals surface area contributed by atoms with Crippen molar-refractivity contribution in [3.63, 3.8) is 0 Å². The molecule has 170 valence electrons. The molecule has 1 atom stereocenters. The zero-order chi connectivity index (χ0) is 23.5. The number of carbonyl (C=O) groups is 1. The highest BCUT2D eigenvalue weighted by atomic mass is 35.5. The number of halogens is 2. The molecule has 1 saturated heterocycles. The van der Waals surface area contributed by atoms with Crippen LogP contribution in [0.3, 0.4) is 0 Å².